The van der Waals surface area contributed by atoms with Gasteiger partial charge in [0.1, 0.15) is 6.26 Å². The zero-order valence-electron chi connectivity index (χ0n) is 11.2. The van der Waals surface area contributed by atoms with E-state index in [-0.39, 0.29) is 17.5 Å². The van der Waals surface area contributed by atoms with Crippen LogP contribution in [0.1, 0.15) is 26.5 Å². The van der Waals surface area contributed by atoms with Gasteiger partial charge in [0, 0.05) is 11.1 Å². The Morgan fingerprint density at radius 3 is 2.42 bits per heavy atom. The summed E-state index contributed by atoms with van der Waals surface area (Å²) >= 11 is 0. The van der Waals surface area contributed by atoms with Crippen molar-refractivity contribution in [2.75, 3.05) is 10.6 Å². The van der Waals surface area contributed by atoms with E-state index in [9.17, 15) is 4.79 Å². The van der Waals surface area contributed by atoms with Crippen LogP contribution in [0.2, 0.25) is 0 Å². The van der Waals surface area contributed by atoms with Gasteiger partial charge in [-0.25, -0.2) is 4.79 Å². The number of oxazole rings is 1. The van der Waals surface area contributed by atoms with Crippen LogP contribution in [-0.4, -0.2) is 11.0 Å². The first-order valence-corrected chi connectivity index (χ1v) is 6.04. The highest BCUT2D eigenvalue weighted by molar-refractivity contribution is 5.98. The summed E-state index contributed by atoms with van der Waals surface area (Å²) < 4.78 is 5.22. The summed E-state index contributed by atoms with van der Waals surface area (Å²) in [5.74, 6) is 0. The van der Waals surface area contributed by atoms with Crippen LogP contribution in [0.4, 0.5) is 16.5 Å². The Bertz CT molecular complexity index is 556. The molecule has 0 aliphatic heterocycles. The number of carbonyl (C=O) groups excluding carboxylic acids is 1. The second-order valence-electron chi connectivity index (χ2n) is 5.23. The molecule has 2 amide bonds. The Morgan fingerprint density at radius 1 is 1.16 bits per heavy atom. The molecule has 2 aromatic rings. The maximum Gasteiger partial charge on any atom is 0.327 e. The van der Waals surface area contributed by atoms with Gasteiger partial charge < -0.3 is 9.73 Å². The van der Waals surface area contributed by atoms with E-state index < -0.39 is 0 Å². The van der Waals surface area contributed by atoms with Gasteiger partial charge in [-0.3, -0.25) is 5.32 Å². The Labute approximate surface area is 112 Å². The van der Waals surface area contributed by atoms with Gasteiger partial charge >= 0.3 is 12.0 Å². The van der Waals surface area contributed by atoms with E-state index in [1.165, 1.54) is 0 Å². The average molecular weight is 259 g/mol. The van der Waals surface area contributed by atoms with Crippen LogP contribution in [0.5, 0.6) is 0 Å². The average Bonchev–Trinajstić information content (AvgIpc) is 2.78. The topological polar surface area (TPSA) is 67.2 Å². The molecule has 2 N–H and O–H groups in total. The predicted octanol–water partition coefficient (Wildman–Crippen LogP) is 3.62. The molecule has 5 nitrogen and oxygen atoms in total. The molecule has 0 saturated carbocycles. The number of rotatable bonds is 2. The van der Waals surface area contributed by atoms with E-state index >= 15 is 0 Å². The van der Waals surface area contributed by atoms with Gasteiger partial charge in [-0.2, -0.15) is 4.98 Å². The Hall–Kier alpha value is -2.30. The lowest BCUT2D eigenvalue weighted by molar-refractivity contribution is 0.261. The molecule has 2 rings (SSSR count). The molecule has 0 unspecified atom stereocenters. The monoisotopic (exact) mass is 259 g/mol. The molecule has 0 saturated heterocycles. The Balaban J connectivity index is 1.98. The first kappa shape index (κ1) is 13.1. The van der Waals surface area contributed by atoms with E-state index in [4.69, 9.17) is 4.42 Å². The molecule has 19 heavy (non-hydrogen) atoms. The van der Waals surface area contributed by atoms with Crippen molar-refractivity contribution in [1.29, 1.82) is 0 Å². The highest BCUT2D eigenvalue weighted by Gasteiger charge is 2.19. The lowest BCUT2D eigenvalue weighted by atomic mass is 9.93. The van der Waals surface area contributed by atoms with Gasteiger partial charge in [0.25, 0.3) is 0 Å². The van der Waals surface area contributed by atoms with E-state index in [0.29, 0.717) is 5.69 Å². The standard InChI is InChI=1S/C14H17N3O2/c1-14(2,3)11-9-19-13(16-11)17-12(18)15-10-7-5-4-6-8-10/h4-9H,1-3H3,(H2,15,16,17,18). The summed E-state index contributed by atoms with van der Waals surface area (Å²) in [4.78, 5) is 15.9. The largest absolute Gasteiger partial charge is 0.432 e. The van der Waals surface area contributed by atoms with E-state index in [1.807, 2.05) is 39.0 Å². The van der Waals surface area contributed by atoms with Crippen molar-refractivity contribution < 1.29 is 9.21 Å². The number of carbonyl (C=O) groups is 1. The molecular formula is C14H17N3O2. The third-order valence-electron chi connectivity index (χ3n) is 2.52. The van der Waals surface area contributed by atoms with Crippen molar-refractivity contribution in [3.63, 3.8) is 0 Å². The first-order chi connectivity index (χ1) is 8.95. The van der Waals surface area contributed by atoms with Gasteiger partial charge in [-0.15, -0.1) is 0 Å². The van der Waals surface area contributed by atoms with Crippen molar-refractivity contribution in [2.45, 2.75) is 26.2 Å². The van der Waals surface area contributed by atoms with Crippen LogP contribution < -0.4 is 10.6 Å². The fourth-order valence-corrected chi connectivity index (χ4v) is 1.46. The SMILES string of the molecule is CC(C)(C)c1coc(NC(=O)Nc2ccccc2)n1. The lowest BCUT2D eigenvalue weighted by Gasteiger charge is -2.12. The predicted molar refractivity (Wildman–Crippen MR) is 74.3 cm³/mol. The number of nitrogens with zero attached hydrogens (tertiary/aromatic N) is 1. The van der Waals surface area contributed by atoms with Gasteiger partial charge in [0.05, 0.1) is 5.69 Å². The number of benzene rings is 1. The van der Waals surface area contributed by atoms with Gasteiger partial charge in [-0.05, 0) is 12.1 Å². The molecule has 1 aromatic carbocycles. The summed E-state index contributed by atoms with van der Waals surface area (Å²) in [6, 6.07) is 8.99. The molecule has 0 fully saturated rings. The highest BCUT2D eigenvalue weighted by atomic mass is 16.4. The summed E-state index contributed by atoms with van der Waals surface area (Å²) in [6.07, 6.45) is 1.55. The van der Waals surface area contributed by atoms with Crippen LogP contribution in [0, 0.1) is 0 Å². The smallest absolute Gasteiger partial charge is 0.327 e. The van der Waals surface area contributed by atoms with Gasteiger partial charge in [0.15, 0.2) is 0 Å². The molecule has 5 heteroatoms. The van der Waals surface area contributed by atoms with Crippen LogP contribution in [-0.2, 0) is 5.41 Å². The number of anilines is 2. The van der Waals surface area contributed by atoms with E-state index in [2.05, 4.69) is 15.6 Å². The fourth-order valence-electron chi connectivity index (χ4n) is 1.46. The minimum absolute atomic E-state index is 0.112. The minimum atomic E-state index is -0.381. The normalized spacial score (nSPS) is 11.1. The fraction of sp³-hybridized carbons (Fsp3) is 0.286. The third-order valence-corrected chi connectivity index (χ3v) is 2.52. The molecule has 0 aliphatic carbocycles. The molecule has 1 aromatic heterocycles. The zero-order chi connectivity index (χ0) is 13.9. The Kier molecular flexibility index (Phi) is 3.55. The van der Waals surface area contributed by atoms with Crippen molar-refractivity contribution in [3.8, 4) is 0 Å². The van der Waals surface area contributed by atoms with Gasteiger partial charge in [0.2, 0.25) is 0 Å². The molecule has 0 spiro atoms. The minimum Gasteiger partial charge on any atom is -0.432 e. The number of urea groups is 1. The van der Waals surface area contributed by atoms with Crippen molar-refractivity contribution in [2.24, 2.45) is 0 Å². The van der Waals surface area contributed by atoms with E-state index in [1.54, 1.807) is 18.4 Å². The summed E-state index contributed by atoms with van der Waals surface area (Å²) in [7, 11) is 0. The van der Waals surface area contributed by atoms with Crippen molar-refractivity contribution in [3.05, 3.63) is 42.3 Å². The van der Waals surface area contributed by atoms with Crippen molar-refractivity contribution >= 4 is 17.7 Å². The highest BCUT2D eigenvalue weighted by Crippen LogP contribution is 2.22. The summed E-state index contributed by atoms with van der Waals surface area (Å²) in [5.41, 5.74) is 1.39. The number of aromatic nitrogens is 1. The number of para-hydroxylation sites is 1. The van der Waals surface area contributed by atoms with Crippen LogP contribution in [0.15, 0.2) is 41.0 Å². The Morgan fingerprint density at radius 2 is 1.84 bits per heavy atom. The zero-order valence-corrected chi connectivity index (χ0v) is 11.2. The third kappa shape index (κ3) is 3.58. The number of hydrogen-bond donors (Lipinski definition) is 2. The molecule has 1 heterocycles. The second-order valence-corrected chi connectivity index (χ2v) is 5.23. The maximum absolute atomic E-state index is 11.7. The molecule has 0 aliphatic rings. The number of nitrogens with one attached hydrogen (secondary N) is 2. The lowest BCUT2D eigenvalue weighted by Crippen LogP contribution is -2.20. The molecule has 0 bridgehead atoms. The molecular weight excluding hydrogens is 242 g/mol. The summed E-state index contributed by atoms with van der Waals surface area (Å²) in [6.45, 7) is 6.08. The number of amides is 2. The van der Waals surface area contributed by atoms with E-state index in [0.717, 1.165) is 5.69 Å². The second kappa shape index (κ2) is 5.14. The van der Waals surface area contributed by atoms with Crippen LogP contribution >= 0.6 is 0 Å². The van der Waals surface area contributed by atoms with Crippen LogP contribution in [0.3, 0.4) is 0 Å². The molecule has 100 valence electrons. The van der Waals surface area contributed by atoms with Crippen molar-refractivity contribution in [1.82, 2.24) is 4.98 Å². The number of hydrogen-bond acceptors (Lipinski definition) is 3. The summed E-state index contributed by atoms with van der Waals surface area (Å²) in [5, 5.41) is 5.24. The van der Waals surface area contributed by atoms with Gasteiger partial charge in [-0.1, -0.05) is 39.0 Å². The molecule has 0 atom stereocenters. The molecule has 0 radical (unpaired) electrons. The maximum atomic E-state index is 11.7. The van der Waals surface area contributed by atoms with Crippen LogP contribution in [0.25, 0.3) is 0 Å². The first-order valence-electron chi connectivity index (χ1n) is 6.04. The quantitative estimate of drug-likeness (QED) is 0.865.